The van der Waals surface area contributed by atoms with Gasteiger partial charge in [-0.15, -0.1) is 0 Å². The van der Waals surface area contributed by atoms with Gasteiger partial charge in [0.1, 0.15) is 11.5 Å². The van der Waals surface area contributed by atoms with E-state index >= 15 is 0 Å². The van der Waals surface area contributed by atoms with E-state index in [9.17, 15) is 4.79 Å². The van der Waals surface area contributed by atoms with Crippen LogP contribution in [0.1, 0.15) is 32.3 Å². The van der Waals surface area contributed by atoms with Gasteiger partial charge in [0, 0.05) is 16.6 Å². The van der Waals surface area contributed by atoms with Crippen molar-refractivity contribution in [1.82, 2.24) is 5.32 Å². The molecule has 146 valence electrons. The van der Waals surface area contributed by atoms with E-state index in [1.165, 1.54) is 0 Å². The van der Waals surface area contributed by atoms with Crippen LogP contribution in [0.5, 0.6) is 11.5 Å². The zero-order valence-electron chi connectivity index (χ0n) is 16.3. The van der Waals surface area contributed by atoms with Crippen LogP contribution in [-0.4, -0.2) is 26.7 Å². The van der Waals surface area contributed by atoms with Gasteiger partial charge in [-0.3, -0.25) is 10.1 Å². The minimum atomic E-state index is -0.291. The van der Waals surface area contributed by atoms with Crippen LogP contribution in [0, 0.1) is 0 Å². The molecule has 2 aromatic rings. The van der Waals surface area contributed by atoms with Gasteiger partial charge in [-0.25, -0.2) is 0 Å². The van der Waals surface area contributed by atoms with Crippen molar-refractivity contribution in [2.75, 3.05) is 26.1 Å². The third-order valence-corrected chi connectivity index (χ3v) is 5.12. The minimum absolute atomic E-state index is 0.151. The van der Waals surface area contributed by atoms with Gasteiger partial charge < -0.3 is 14.8 Å². The average Bonchev–Trinajstić information content (AvgIpc) is 2.70. The molecule has 0 bridgehead atoms. The first-order chi connectivity index (χ1) is 13.0. The summed E-state index contributed by atoms with van der Waals surface area (Å²) in [5, 5.41) is 7.01. The summed E-state index contributed by atoms with van der Waals surface area (Å²) in [6.45, 7) is 4.38. The van der Waals surface area contributed by atoms with E-state index in [2.05, 4.69) is 24.5 Å². The number of ether oxygens (including phenoxy) is 2. The van der Waals surface area contributed by atoms with Crippen molar-refractivity contribution in [3.05, 3.63) is 53.1 Å². The van der Waals surface area contributed by atoms with Crippen molar-refractivity contribution < 1.29 is 14.3 Å². The lowest BCUT2D eigenvalue weighted by Gasteiger charge is -2.33. The van der Waals surface area contributed by atoms with Gasteiger partial charge in [0.05, 0.1) is 26.5 Å². The highest BCUT2D eigenvalue weighted by Gasteiger charge is 2.28. The highest BCUT2D eigenvalue weighted by Crippen LogP contribution is 2.31. The van der Waals surface area contributed by atoms with Crippen LogP contribution >= 0.6 is 11.6 Å². The summed E-state index contributed by atoms with van der Waals surface area (Å²) in [5.74, 6) is 1.08. The summed E-state index contributed by atoms with van der Waals surface area (Å²) in [5.41, 5.74) is 1.40. The predicted molar refractivity (Wildman–Crippen MR) is 110 cm³/mol. The van der Waals surface area contributed by atoms with Crippen molar-refractivity contribution >= 4 is 23.2 Å². The lowest BCUT2D eigenvalue weighted by atomic mass is 9.84. The van der Waals surface area contributed by atoms with Crippen LogP contribution in [0.3, 0.4) is 0 Å². The average molecular weight is 391 g/mol. The maximum Gasteiger partial charge on any atom is 0.238 e. The van der Waals surface area contributed by atoms with Crippen molar-refractivity contribution in [1.29, 1.82) is 0 Å². The Kier molecular flexibility index (Phi) is 7.51. The molecule has 0 aliphatic heterocycles. The number of carbonyl (C=O) groups excluding carboxylic acids is 1. The largest absolute Gasteiger partial charge is 0.497 e. The molecule has 2 aromatic carbocycles. The molecule has 1 amide bonds. The van der Waals surface area contributed by atoms with Gasteiger partial charge in [-0.05, 0) is 42.7 Å². The number of anilines is 1. The van der Waals surface area contributed by atoms with E-state index < -0.39 is 0 Å². The summed E-state index contributed by atoms with van der Waals surface area (Å²) < 4.78 is 10.5. The van der Waals surface area contributed by atoms with Gasteiger partial charge in [0.2, 0.25) is 5.91 Å². The van der Waals surface area contributed by atoms with Gasteiger partial charge in [-0.1, -0.05) is 37.6 Å². The number of hydrogen-bond acceptors (Lipinski definition) is 4. The fraction of sp³-hybridized carbons (Fsp3) is 0.381. The number of amides is 1. The highest BCUT2D eigenvalue weighted by molar-refractivity contribution is 6.30. The molecule has 0 saturated heterocycles. The van der Waals surface area contributed by atoms with Crippen LogP contribution in [0.2, 0.25) is 5.02 Å². The second-order valence-electron chi connectivity index (χ2n) is 6.26. The van der Waals surface area contributed by atoms with Gasteiger partial charge >= 0.3 is 0 Å². The molecule has 0 unspecified atom stereocenters. The predicted octanol–water partition coefficient (Wildman–Crippen LogP) is 4.60. The van der Waals surface area contributed by atoms with Crippen molar-refractivity contribution in [3.8, 4) is 11.5 Å². The van der Waals surface area contributed by atoms with Crippen LogP contribution in [0.4, 0.5) is 5.69 Å². The molecule has 0 aromatic heterocycles. The van der Waals surface area contributed by atoms with E-state index in [1.807, 2.05) is 24.3 Å². The zero-order valence-corrected chi connectivity index (χ0v) is 17.0. The van der Waals surface area contributed by atoms with Crippen LogP contribution in [0.15, 0.2) is 42.5 Å². The smallest absolute Gasteiger partial charge is 0.238 e. The topological polar surface area (TPSA) is 59.6 Å². The molecule has 0 fully saturated rings. The van der Waals surface area contributed by atoms with E-state index in [-0.39, 0.29) is 18.0 Å². The van der Waals surface area contributed by atoms with Crippen molar-refractivity contribution in [3.63, 3.8) is 0 Å². The Morgan fingerprint density at radius 2 is 1.70 bits per heavy atom. The fourth-order valence-corrected chi connectivity index (χ4v) is 3.26. The molecule has 27 heavy (non-hydrogen) atoms. The standard InChI is InChI=1S/C21H27ClN2O3/c1-5-21(6-2,15-7-9-16(22)10-8-15)23-14-20(25)24-18-13-17(26-3)11-12-19(18)27-4/h7-13,23H,5-6,14H2,1-4H3,(H,24,25). The lowest BCUT2D eigenvalue weighted by Crippen LogP contribution is -2.45. The molecule has 0 aliphatic rings. The Morgan fingerprint density at radius 1 is 1.04 bits per heavy atom. The Morgan fingerprint density at radius 3 is 2.26 bits per heavy atom. The number of rotatable bonds is 9. The molecule has 0 atom stereocenters. The van der Waals surface area contributed by atoms with Crippen LogP contribution < -0.4 is 20.1 Å². The fourth-order valence-electron chi connectivity index (χ4n) is 3.13. The first kappa shape index (κ1) is 21.1. The Labute approximate surface area is 166 Å². The first-order valence-electron chi connectivity index (χ1n) is 9.01. The second kappa shape index (κ2) is 9.62. The number of hydrogen-bond donors (Lipinski definition) is 2. The quantitative estimate of drug-likeness (QED) is 0.656. The number of benzene rings is 2. The van der Waals surface area contributed by atoms with Crippen molar-refractivity contribution in [2.45, 2.75) is 32.2 Å². The Bertz CT molecular complexity index is 759. The molecule has 6 heteroatoms. The molecular weight excluding hydrogens is 364 g/mol. The van der Waals surface area contributed by atoms with E-state index in [1.54, 1.807) is 32.4 Å². The van der Waals surface area contributed by atoms with Gasteiger partial charge in [0.25, 0.3) is 0 Å². The molecule has 2 rings (SSSR count). The monoisotopic (exact) mass is 390 g/mol. The maximum atomic E-state index is 12.6. The number of halogens is 1. The molecule has 0 saturated carbocycles. The first-order valence-corrected chi connectivity index (χ1v) is 9.38. The highest BCUT2D eigenvalue weighted by atomic mass is 35.5. The van der Waals surface area contributed by atoms with E-state index in [4.69, 9.17) is 21.1 Å². The molecular formula is C21H27ClN2O3. The summed E-state index contributed by atoms with van der Waals surface area (Å²) >= 11 is 6.01. The molecule has 0 radical (unpaired) electrons. The third-order valence-electron chi connectivity index (χ3n) is 4.87. The lowest BCUT2D eigenvalue weighted by molar-refractivity contribution is -0.115. The van der Waals surface area contributed by atoms with E-state index in [0.29, 0.717) is 22.2 Å². The number of nitrogens with one attached hydrogen (secondary N) is 2. The van der Waals surface area contributed by atoms with Crippen LogP contribution in [0.25, 0.3) is 0 Å². The zero-order chi connectivity index (χ0) is 19.9. The normalized spacial score (nSPS) is 11.1. The summed E-state index contributed by atoms with van der Waals surface area (Å²) in [6, 6.07) is 13.0. The summed E-state index contributed by atoms with van der Waals surface area (Å²) in [4.78, 5) is 12.6. The maximum absolute atomic E-state index is 12.6. The third kappa shape index (κ3) is 5.15. The number of carbonyl (C=O) groups is 1. The minimum Gasteiger partial charge on any atom is -0.497 e. The second-order valence-corrected chi connectivity index (χ2v) is 6.70. The Hall–Kier alpha value is -2.24. The van der Waals surface area contributed by atoms with E-state index in [0.717, 1.165) is 18.4 Å². The molecule has 0 spiro atoms. The molecule has 0 aliphatic carbocycles. The van der Waals surface area contributed by atoms with Gasteiger partial charge in [0.15, 0.2) is 0 Å². The van der Waals surface area contributed by atoms with Crippen LogP contribution in [-0.2, 0) is 10.3 Å². The van der Waals surface area contributed by atoms with Gasteiger partial charge in [-0.2, -0.15) is 0 Å². The molecule has 2 N–H and O–H groups in total. The molecule has 0 heterocycles. The Balaban J connectivity index is 2.11. The summed E-state index contributed by atoms with van der Waals surface area (Å²) in [7, 11) is 3.15. The van der Waals surface area contributed by atoms with Crippen molar-refractivity contribution in [2.24, 2.45) is 0 Å². The number of methoxy groups -OCH3 is 2. The summed E-state index contributed by atoms with van der Waals surface area (Å²) in [6.07, 6.45) is 1.70. The SMILES string of the molecule is CCC(CC)(NCC(=O)Nc1cc(OC)ccc1OC)c1ccc(Cl)cc1. The molecule has 5 nitrogen and oxygen atoms in total.